The van der Waals surface area contributed by atoms with Crippen molar-refractivity contribution in [1.29, 1.82) is 0 Å². The molecule has 0 saturated carbocycles. The fourth-order valence-electron chi connectivity index (χ4n) is 1.82. The highest BCUT2D eigenvalue weighted by molar-refractivity contribution is 7.21. The molecule has 2 rings (SSSR count). The number of aryl methyl sites for hydroxylation is 2. The van der Waals surface area contributed by atoms with Gasteiger partial charge in [0.1, 0.15) is 9.71 Å². The van der Waals surface area contributed by atoms with Crippen LogP contribution in [0.3, 0.4) is 0 Å². The molecule has 7 heteroatoms. The van der Waals surface area contributed by atoms with Crippen molar-refractivity contribution in [3.8, 4) is 0 Å². The molecule has 1 atom stereocenters. The number of nitrogens with zero attached hydrogens (tertiary/aromatic N) is 2. The van der Waals surface area contributed by atoms with Gasteiger partial charge in [-0.3, -0.25) is 4.79 Å². The lowest BCUT2D eigenvalue weighted by molar-refractivity contribution is 0.0947. The molecule has 1 amide bonds. The topological polar surface area (TPSA) is 101 Å². The van der Waals surface area contributed by atoms with E-state index < -0.39 is 0 Å². The molecule has 20 heavy (non-hydrogen) atoms. The van der Waals surface area contributed by atoms with E-state index in [4.69, 9.17) is 10.8 Å². The molecule has 0 aliphatic heterocycles. The third-order valence-electron chi connectivity index (χ3n) is 3.26. The summed E-state index contributed by atoms with van der Waals surface area (Å²) in [4.78, 5) is 13.3. The van der Waals surface area contributed by atoms with Crippen LogP contribution >= 0.6 is 11.3 Å². The van der Waals surface area contributed by atoms with Crippen LogP contribution in [0, 0.1) is 19.8 Å². The number of hydrogen-bond acceptors (Lipinski definition) is 6. The number of nitrogen functional groups attached to an aromatic ring is 1. The summed E-state index contributed by atoms with van der Waals surface area (Å²) < 4.78 is 0. The van der Waals surface area contributed by atoms with Crippen LogP contribution in [0.2, 0.25) is 0 Å². The number of aliphatic hydroxyl groups excluding tert-OH is 1. The Bertz CT molecular complexity index is 653. The number of hydrogen-bond donors (Lipinski definition) is 3. The number of anilines is 1. The molecule has 1 unspecified atom stereocenters. The van der Waals surface area contributed by atoms with Crippen LogP contribution in [0.5, 0.6) is 0 Å². The van der Waals surface area contributed by atoms with Crippen molar-refractivity contribution in [3.63, 3.8) is 0 Å². The molecule has 0 bridgehead atoms. The predicted molar refractivity (Wildman–Crippen MR) is 79.9 cm³/mol. The van der Waals surface area contributed by atoms with Crippen molar-refractivity contribution in [2.75, 3.05) is 18.9 Å². The van der Waals surface area contributed by atoms with Gasteiger partial charge in [-0.05, 0) is 25.3 Å². The molecule has 0 aromatic carbocycles. The smallest absolute Gasteiger partial charge is 0.263 e. The molecule has 4 N–H and O–H groups in total. The van der Waals surface area contributed by atoms with Crippen LogP contribution < -0.4 is 11.1 Å². The molecule has 0 spiro atoms. The highest BCUT2D eigenvalue weighted by atomic mass is 32.1. The Hall–Kier alpha value is -1.73. The third-order valence-corrected chi connectivity index (χ3v) is 4.35. The van der Waals surface area contributed by atoms with Crippen LogP contribution in [0.1, 0.15) is 27.9 Å². The zero-order chi connectivity index (χ0) is 14.9. The molecule has 6 nitrogen and oxygen atoms in total. The van der Waals surface area contributed by atoms with Gasteiger partial charge in [0.05, 0.1) is 11.4 Å². The van der Waals surface area contributed by atoms with Crippen molar-refractivity contribution in [2.24, 2.45) is 5.92 Å². The van der Waals surface area contributed by atoms with Gasteiger partial charge in [-0.25, -0.2) is 0 Å². The summed E-state index contributed by atoms with van der Waals surface area (Å²) in [5, 5.41) is 20.7. The number of nitrogens with one attached hydrogen (secondary N) is 1. The van der Waals surface area contributed by atoms with E-state index in [1.165, 1.54) is 11.3 Å². The van der Waals surface area contributed by atoms with E-state index in [1.807, 2.05) is 20.8 Å². The van der Waals surface area contributed by atoms with Crippen molar-refractivity contribution >= 4 is 33.1 Å². The monoisotopic (exact) mass is 294 g/mol. The number of carbonyl (C=O) groups is 1. The SMILES string of the molecule is Cc1nnc2sc(C(=O)NCC(C)CO)c(N)c2c1C. The second kappa shape index (κ2) is 5.72. The van der Waals surface area contributed by atoms with E-state index in [2.05, 4.69) is 15.5 Å². The van der Waals surface area contributed by atoms with Gasteiger partial charge in [0.2, 0.25) is 0 Å². The fraction of sp³-hybridized carbons (Fsp3) is 0.462. The van der Waals surface area contributed by atoms with Crippen LogP contribution in [0.4, 0.5) is 5.69 Å². The van der Waals surface area contributed by atoms with E-state index >= 15 is 0 Å². The standard InChI is InChI=1S/C13H18N4O2S/c1-6(5-18)4-15-12(19)11-10(14)9-7(2)8(3)16-17-13(9)20-11/h6,18H,4-5,14H2,1-3H3,(H,15,19). The highest BCUT2D eigenvalue weighted by Gasteiger charge is 2.19. The zero-order valence-corrected chi connectivity index (χ0v) is 12.5. The Labute approximate surface area is 121 Å². The minimum Gasteiger partial charge on any atom is -0.397 e. The molecular formula is C13H18N4O2S. The first kappa shape index (κ1) is 14.7. The quantitative estimate of drug-likeness (QED) is 0.787. The van der Waals surface area contributed by atoms with Crippen molar-refractivity contribution in [3.05, 3.63) is 16.1 Å². The molecule has 0 aliphatic carbocycles. The van der Waals surface area contributed by atoms with Crippen molar-refractivity contribution in [1.82, 2.24) is 15.5 Å². The summed E-state index contributed by atoms with van der Waals surface area (Å²) in [7, 11) is 0. The summed E-state index contributed by atoms with van der Waals surface area (Å²) in [5.74, 6) is -0.221. The lowest BCUT2D eigenvalue weighted by Gasteiger charge is -2.08. The number of amides is 1. The van der Waals surface area contributed by atoms with E-state index in [0.29, 0.717) is 21.9 Å². The molecule has 0 radical (unpaired) electrons. The van der Waals surface area contributed by atoms with Gasteiger partial charge in [0.15, 0.2) is 0 Å². The van der Waals surface area contributed by atoms with E-state index in [1.54, 1.807) is 0 Å². The predicted octanol–water partition coefficient (Wildman–Crippen LogP) is 1.25. The van der Waals surface area contributed by atoms with Crippen LogP contribution in [-0.2, 0) is 0 Å². The van der Waals surface area contributed by atoms with Gasteiger partial charge < -0.3 is 16.2 Å². The average Bonchev–Trinajstić information content (AvgIpc) is 2.77. The van der Waals surface area contributed by atoms with E-state index in [-0.39, 0.29) is 18.4 Å². The van der Waals surface area contributed by atoms with Crippen LogP contribution in [0.15, 0.2) is 0 Å². The molecule has 0 aliphatic rings. The molecule has 0 saturated heterocycles. The van der Waals surface area contributed by atoms with Crippen molar-refractivity contribution in [2.45, 2.75) is 20.8 Å². The van der Waals surface area contributed by atoms with Gasteiger partial charge in [-0.2, -0.15) is 5.10 Å². The first-order chi connectivity index (χ1) is 9.45. The second-order valence-electron chi connectivity index (χ2n) is 4.93. The summed E-state index contributed by atoms with van der Waals surface area (Å²) in [5.41, 5.74) is 8.29. The normalized spacial score (nSPS) is 12.6. The molecule has 2 heterocycles. The Morgan fingerprint density at radius 3 is 2.80 bits per heavy atom. The van der Waals surface area contributed by atoms with Gasteiger partial charge in [-0.1, -0.05) is 6.92 Å². The Morgan fingerprint density at radius 1 is 1.45 bits per heavy atom. The maximum Gasteiger partial charge on any atom is 0.263 e. The lowest BCUT2D eigenvalue weighted by Crippen LogP contribution is -2.29. The number of rotatable bonds is 4. The summed E-state index contributed by atoms with van der Waals surface area (Å²) in [6, 6.07) is 0. The lowest BCUT2D eigenvalue weighted by atomic mass is 10.1. The van der Waals surface area contributed by atoms with Crippen LogP contribution in [0.25, 0.3) is 10.2 Å². The van der Waals surface area contributed by atoms with Crippen LogP contribution in [-0.4, -0.2) is 34.4 Å². The van der Waals surface area contributed by atoms with Gasteiger partial charge in [0.25, 0.3) is 5.91 Å². The minimum atomic E-state index is -0.233. The number of aliphatic hydroxyl groups is 1. The Balaban J connectivity index is 2.34. The molecule has 2 aromatic rings. The Kier molecular flexibility index (Phi) is 4.20. The highest BCUT2D eigenvalue weighted by Crippen LogP contribution is 2.34. The van der Waals surface area contributed by atoms with Crippen molar-refractivity contribution < 1.29 is 9.90 Å². The Morgan fingerprint density at radius 2 is 2.15 bits per heavy atom. The first-order valence-corrected chi connectivity index (χ1v) is 7.18. The molecule has 2 aromatic heterocycles. The molecular weight excluding hydrogens is 276 g/mol. The van der Waals surface area contributed by atoms with Gasteiger partial charge >= 0.3 is 0 Å². The minimum absolute atomic E-state index is 0.0123. The summed E-state index contributed by atoms with van der Waals surface area (Å²) in [6.45, 7) is 6.08. The third kappa shape index (κ3) is 2.59. The molecule has 108 valence electrons. The van der Waals surface area contributed by atoms with Gasteiger partial charge in [-0.15, -0.1) is 16.4 Å². The van der Waals surface area contributed by atoms with Gasteiger partial charge in [0, 0.05) is 18.5 Å². The maximum absolute atomic E-state index is 12.1. The summed E-state index contributed by atoms with van der Waals surface area (Å²) in [6.07, 6.45) is 0. The number of carbonyl (C=O) groups excluding carboxylic acids is 1. The average molecular weight is 294 g/mol. The fourth-order valence-corrected chi connectivity index (χ4v) is 2.84. The van der Waals surface area contributed by atoms with E-state index in [9.17, 15) is 4.79 Å². The first-order valence-electron chi connectivity index (χ1n) is 6.36. The number of fused-ring (bicyclic) bond motifs is 1. The molecule has 0 fully saturated rings. The van der Waals surface area contributed by atoms with E-state index in [0.717, 1.165) is 16.6 Å². The largest absolute Gasteiger partial charge is 0.397 e. The number of aromatic nitrogens is 2. The zero-order valence-electron chi connectivity index (χ0n) is 11.7. The number of thiophene rings is 1. The summed E-state index contributed by atoms with van der Waals surface area (Å²) >= 11 is 1.24. The second-order valence-corrected chi connectivity index (χ2v) is 5.93. The number of nitrogens with two attached hydrogens (primary N) is 1. The maximum atomic E-state index is 12.1.